The van der Waals surface area contributed by atoms with Gasteiger partial charge >= 0.3 is 0 Å². The molecule has 3 rings (SSSR count). The lowest BCUT2D eigenvalue weighted by atomic mass is 9.93. The predicted octanol–water partition coefficient (Wildman–Crippen LogP) is 1.84. The highest BCUT2D eigenvalue weighted by Gasteiger charge is 2.36. The van der Waals surface area contributed by atoms with E-state index in [4.69, 9.17) is 5.73 Å². The minimum atomic E-state index is 0.375. The molecule has 2 bridgehead atoms. The zero-order valence-electron chi connectivity index (χ0n) is 8.82. The number of nitrogens with two attached hydrogens (primary N) is 1. The van der Waals surface area contributed by atoms with E-state index in [9.17, 15) is 5.11 Å². The second kappa shape index (κ2) is 3.24. The van der Waals surface area contributed by atoms with Crippen molar-refractivity contribution < 1.29 is 5.11 Å². The van der Waals surface area contributed by atoms with Crippen LogP contribution in [0.4, 0.5) is 0 Å². The van der Waals surface area contributed by atoms with Crippen molar-refractivity contribution in [1.29, 1.82) is 0 Å². The van der Waals surface area contributed by atoms with E-state index in [1.54, 1.807) is 6.07 Å². The van der Waals surface area contributed by atoms with Crippen LogP contribution in [-0.2, 0) is 12.8 Å². The first-order valence-electron chi connectivity index (χ1n) is 5.80. The number of hydrogen-bond donors (Lipinski definition) is 2. The van der Waals surface area contributed by atoms with Gasteiger partial charge in [-0.15, -0.1) is 0 Å². The summed E-state index contributed by atoms with van der Waals surface area (Å²) in [6.07, 6.45) is 4.71. The molecule has 1 fully saturated rings. The fraction of sp³-hybridized carbons (Fsp3) is 0.538. The van der Waals surface area contributed by atoms with Crippen molar-refractivity contribution >= 4 is 0 Å². The van der Waals surface area contributed by atoms with Gasteiger partial charge in [0.2, 0.25) is 0 Å². The monoisotopic (exact) mass is 203 g/mol. The Kier molecular flexibility index (Phi) is 1.99. The van der Waals surface area contributed by atoms with Crippen LogP contribution in [0, 0.1) is 11.8 Å². The SMILES string of the molecule is NC1C2CCC1Cc1cc(O)ccc1C2. The first-order valence-corrected chi connectivity index (χ1v) is 5.80. The van der Waals surface area contributed by atoms with Crippen molar-refractivity contribution in [2.75, 3.05) is 0 Å². The van der Waals surface area contributed by atoms with Gasteiger partial charge in [-0.1, -0.05) is 6.07 Å². The molecular formula is C13H17NO. The van der Waals surface area contributed by atoms with Crippen molar-refractivity contribution in [3.05, 3.63) is 29.3 Å². The summed E-state index contributed by atoms with van der Waals surface area (Å²) in [6.45, 7) is 0. The van der Waals surface area contributed by atoms with Crippen molar-refractivity contribution in [3.63, 3.8) is 0 Å². The third-order valence-electron chi connectivity index (χ3n) is 4.15. The van der Waals surface area contributed by atoms with Gasteiger partial charge in [-0.3, -0.25) is 0 Å². The van der Waals surface area contributed by atoms with E-state index in [-0.39, 0.29) is 0 Å². The van der Waals surface area contributed by atoms with Gasteiger partial charge in [-0.2, -0.15) is 0 Å². The van der Waals surface area contributed by atoms with Gasteiger partial charge < -0.3 is 10.8 Å². The van der Waals surface area contributed by atoms with Gasteiger partial charge in [0.25, 0.3) is 0 Å². The minimum Gasteiger partial charge on any atom is -0.508 e. The van der Waals surface area contributed by atoms with Gasteiger partial charge in [0.15, 0.2) is 0 Å². The average Bonchev–Trinajstić information content (AvgIpc) is 2.44. The van der Waals surface area contributed by atoms with Crippen LogP contribution in [0.5, 0.6) is 5.75 Å². The Hall–Kier alpha value is -1.02. The smallest absolute Gasteiger partial charge is 0.115 e. The largest absolute Gasteiger partial charge is 0.508 e. The number of aromatic hydroxyl groups is 1. The molecule has 2 nitrogen and oxygen atoms in total. The molecule has 0 saturated heterocycles. The minimum absolute atomic E-state index is 0.375. The van der Waals surface area contributed by atoms with Crippen LogP contribution in [0.3, 0.4) is 0 Å². The number of fused-ring (bicyclic) bond motifs is 3. The molecule has 2 aliphatic carbocycles. The van der Waals surface area contributed by atoms with Crippen LogP contribution < -0.4 is 5.73 Å². The topological polar surface area (TPSA) is 46.2 Å². The predicted molar refractivity (Wildman–Crippen MR) is 59.7 cm³/mol. The Morgan fingerprint density at radius 2 is 1.73 bits per heavy atom. The summed E-state index contributed by atoms with van der Waals surface area (Å²) in [5.74, 6) is 1.69. The molecule has 15 heavy (non-hydrogen) atoms. The summed E-state index contributed by atoms with van der Waals surface area (Å²) < 4.78 is 0. The molecular weight excluding hydrogens is 186 g/mol. The van der Waals surface area contributed by atoms with E-state index in [0.29, 0.717) is 23.6 Å². The molecule has 2 aliphatic rings. The summed E-state index contributed by atoms with van der Waals surface area (Å²) in [5.41, 5.74) is 8.96. The molecule has 0 amide bonds. The fourth-order valence-corrected chi connectivity index (χ4v) is 3.24. The van der Waals surface area contributed by atoms with Crippen LogP contribution in [0.25, 0.3) is 0 Å². The van der Waals surface area contributed by atoms with Crippen LogP contribution in [-0.4, -0.2) is 11.1 Å². The Balaban J connectivity index is 2.02. The summed E-state index contributed by atoms with van der Waals surface area (Å²) in [7, 11) is 0. The molecule has 0 aromatic heterocycles. The number of benzene rings is 1. The Morgan fingerprint density at radius 3 is 2.47 bits per heavy atom. The van der Waals surface area contributed by atoms with Crippen molar-refractivity contribution in [2.24, 2.45) is 17.6 Å². The molecule has 3 atom stereocenters. The highest BCUT2D eigenvalue weighted by atomic mass is 16.3. The van der Waals surface area contributed by atoms with Crippen molar-refractivity contribution in [1.82, 2.24) is 0 Å². The van der Waals surface area contributed by atoms with E-state index in [1.165, 1.54) is 24.0 Å². The third kappa shape index (κ3) is 1.44. The fourth-order valence-electron chi connectivity index (χ4n) is 3.24. The lowest BCUT2D eigenvalue weighted by Crippen LogP contribution is -2.31. The molecule has 0 heterocycles. The van der Waals surface area contributed by atoms with E-state index in [0.717, 1.165) is 12.8 Å². The highest BCUT2D eigenvalue weighted by Crippen LogP contribution is 2.39. The van der Waals surface area contributed by atoms with Crippen molar-refractivity contribution in [2.45, 2.75) is 31.7 Å². The third-order valence-corrected chi connectivity index (χ3v) is 4.15. The van der Waals surface area contributed by atoms with Crippen molar-refractivity contribution in [3.8, 4) is 5.75 Å². The summed E-state index contributed by atoms with van der Waals surface area (Å²) in [5, 5.41) is 9.48. The van der Waals surface area contributed by atoms with E-state index >= 15 is 0 Å². The molecule has 1 saturated carbocycles. The lowest BCUT2D eigenvalue weighted by molar-refractivity contribution is 0.421. The second-order valence-electron chi connectivity index (χ2n) is 5.04. The maximum Gasteiger partial charge on any atom is 0.115 e. The standard InChI is InChI=1S/C13H17NO/c14-13-9-1-2-10(13)6-11-7-12(15)4-3-8(11)5-9/h3-4,7,9-10,13,15H,1-2,5-6,14H2. The van der Waals surface area contributed by atoms with Crippen LogP contribution in [0.15, 0.2) is 18.2 Å². The van der Waals surface area contributed by atoms with Gasteiger partial charge in [0.1, 0.15) is 5.75 Å². The molecule has 0 radical (unpaired) electrons. The average molecular weight is 203 g/mol. The normalized spacial score (nSPS) is 33.5. The second-order valence-corrected chi connectivity index (χ2v) is 5.04. The Morgan fingerprint density at radius 1 is 1.07 bits per heavy atom. The van der Waals surface area contributed by atoms with Crippen LogP contribution in [0.1, 0.15) is 24.0 Å². The van der Waals surface area contributed by atoms with E-state index in [2.05, 4.69) is 6.07 Å². The number of rotatable bonds is 0. The lowest BCUT2D eigenvalue weighted by Gasteiger charge is -2.15. The zero-order chi connectivity index (χ0) is 10.4. The zero-order valence-corrected chi connectivity index (χ0v) is 8.82. The summed E-state index contributed by atoms with van der Waals surface area (Å²) in [4.78, 5) is 0. The molecule has 1 aromatic carbocycles. The maximum absolute atomic E-state index is 9.48. The van der Waals surface area contributed by atoms with Gasteiger partial charge in [0, 0.05) is 6.04 Å². The van der Waals surface area contributed by atoms with Gasteiger partial charge in [-0.05, 0) is 60.8 Å². The molecule has 0 spiro atoms. The Bertz CT molecular complexity index is 388. The number of phenols is 1. The molecule has 3 N–H and O–H groups in total. The summed E-state index contributed by atoms with van der Waals surface area (Å²) >= 11 is 0. The van der Waals surface area contributed by atoms with Gasteiger partial charge in [0.05, 0.1) is 0 Å². The van der Waals surface area contributed by atoms with E-state index < -0.39 is 0 Å². The maximum atomic E-state index is 9.48. The molecule has 2 heteroatoms. The summed E-state index contributed by atoms with van der Waals surface area (Å²) in [6, 6.07) is 6.16. The first kappa shape index (κ1) is 9.22. The molecule has 1 aromatic rings. The molecule has 3 unspecified atom stereocenters. The Labute approximate surface area is 90.1 Å². The number of phenolic OH excluding ortho intramolecular Hbond substituents is 1. The quantitative estimate of drug-likeness (QED) is 0.676. The molecule has 80 valence electrons. The van der Waals surface area contributed by atoms with Gasteiger partial charge in [-0.25, -0.2) is 0 Å². The number of hydrogen-bond acceptors (Lipinski definition) is 2. The highest BCUT2D eigenvalue weighted by molar-refractivity contribution is 5.37. The van der Waals surface area contributed by atoms with E-state index in [1.807, 2.05) is 6.07 Å². The first-order chi connectivity index (χ1) is 7.24. The molecule has 0 aliphatic heterocycles. The van der Waals surface area contributed by atoms with Crippen LogP contribution in [0.2, 0.25) is 0 Å². The van der Waals surface area contributed by atoms with Crippen LogP contribution >= 0.6 is 0 Å².